The van der Waals surface area contributed by atoms with Crippen molar-refractivity contribution in [3.05, 3.63) is 19.6 Å². The van der Waals surface area contributed by atoms with Crippen molar-refractivity contribution in [2.45, 2.75) is 24.5 Å². The summed E-state index contributed by atoms with van der Waals surface area (Å²) in [7, 11) is -8.79. The summed E-state index contributed by atoms with van der Waals surface area (Å²) >= 11 is 0.681. The Labute approximate surface area is 168 Å². The van der Waals surface area contributed by atoms with Gasteiger partial charge in [0, 0.05) is 19.6 Å². The second-order valence-electron chi connectivity index (χ2n) is 6.60. The van der Waals surface area contributed by atoms with E-state index < -0.39 is 34.8 Å². The van der Waals surface area contributed by atoms with Gasteiger partial charge in [-0.2, -0.15) is 0 Å². The summed E-state index contributed by atoms with van der Waals surface area (Å²) in [5, 5.41) is 14.6. The number of ether oxygens (including phenoxy) is 1. The van der Waals surface area contributed by atoms with Gasteiger partial charge in [0.15, 0.2) is 4.24 Å². The number of primary sulfonamides is 1. The van der Waals surface area contributed by atoms with E-state index in [9.17, 15) is 26.7 Å². The van der Waals surface area contributed by atoms with Crippen molar-refractivity contribution in [2.24, 2.45) is 5.14 Å². The van der Waals surface area contributed by atoms with E-state index in [1.165, 1.54) is 6.92 Å². The van der Waals surface area contributed by atoms with Crippen LogP contribution in [0.5, 0.6) is 0 Å². The van der Waals surface area contributed by atoms with E-state index in [0.717, 1.165) is 0 Å². The van der Waals surface area contributed by atoms with Crippen LogP contribution in [0.3, 0.4) is 0 Å². The van der Waals surface area contributed by atoms with Crippen molar-refractivity contribution in [3.63, 3.8) is 0 Å². The maximum absolute atomic E-state index is 12.8. The Hall–Kier alpha value is -0.630. The first-order valence-corrected chi connectivity index (χ1v) is 11.8. The summed E-state index contributed by atoms with van der Waals surface area (Å²) in [6.45, 7) is 4.32. The fourth-order valence-corrected chi connectivity index (χ4v) is 9.03. The minimum Gasteiger partial charge on any atom is -0.480 e. The summed E-state index contributed by atoms with van der Waals surface area (Å²) in [6.07, 6.45) is 0.110. The second-order valence-corrected chi connectivity index (χ2v) is 12.0. The van der Waals surface area contributed by atoms with Crippen LogP contribution in [0.15, 0.2) is 19.6 Å². The summed E-state index contributed by atoms with van der Waals surface area (Å²) in [6, 6.07) is 0. The van der Waals surface area contributed by atoms with Gasteiger partial charge in [0.1, 0.15) is 8.98 Å². The van der Waals surface area contributed by atoms with Gasteiger partial charge in [0.2, 0.25) is 19.9 Å². The molecule has 3 aliphatic rings. The third kappa shape index (κ3) is 4.07. The van der Waals surface area contributed by atoms with Crippen LogP contribution in [-0.4, -0.2) is 70.4 Å². The molecule has 3 rings (SSSR count). The normalized spacial score (nSPS) is 28.2. The largest absolute Gasteiger partial charge is 0.480 e. The fraction of sp³-hybridized carbons (Fsp3) is 0.643. The molecule has 1 atom stereocenters. The molecule has 1 fully saturated rings. The molecule has 0 aromatic carbocycles. The minimum absolute atomic E-state index is 0. The number of hydrogen-bond acceptors (Lipinski definition) is 8. The summed E-state index contributed by atoms with van der Waals surface area (Å²) in [5.74, 6) is -1.14. The number of nitrogens with two attached hydrogens (primary N) is 1. The molecule has 0 amide bonds. The molecule has 0 aliphatic carbocycles. The van der Waals surface area contributed by atoms with E-state index >= 15 is 0 Å². The van der Waals surface area contributed by atoms with Crippen LogP contribution in [0.1, 0.15) is 19.8 Å². The fourth-order valence-electron chi connectivity index (χ4n) is 3.32. The molecule has 0 aromatic heterocycles. The molecular weight excluding hydrogens is 440 g/mol. The Morgan fingerprint density at radius 1 is 1.37 bits per heavy atom. The topological polar surface area (TPSA) is 144 Å². The third-order valence-corrected chi connectivity index (χ3v) is 10.4. The predicted molar refractivity (Wildman–Crippen MR) is 103 cm³/mol. The van der Waals surface area contributed by atoms with E-state index in [4.69, 9.17) is 9.88 Å². The average molecular weight is 461 g/mol. The van der Waals surface area contributed by atoms with Crippen molar-refractivity contribution in [3.8, 4) is 0 Å². The molecule has 0 saturated carbocycles. The standard InChI is InChI=1S/C14H20N2O7S3.ClH/c1-14(13(17)18)8-10-9(2-3-16-4-6-23-7-5-16)12(26(15,21)22)25(19,20)11(10)24-14;/h2-8H2,1H3,(H,17,18)(H2,15,21,22);1H. The first-order chi connectivity index (χ1) is 12.0. The summed E-state index contributed by atoms with van der Waals surface area (Å²) in [4.78, 5) is 13.6. The molecule has 13 heteroatoms. The van der Waals surface area contributed by atoms with Gasteiger partial charge in [-0.25, -0.2) is 22.0 Å². The van der Waals surface area contributed by atoms with Crippen molar-refractivity contribution in [2.75, 3.05) is 32.8 Å². The maximum atomic E-state index is 12.8. The molecule has 0 bridgehead atoms. The molecule has 0 aromatic rings. The average Bonchev–Trinajstić information content (AvgIpc) is 2.99. The van der Waals surface area contributed by atoms with Crippen molar-refractivity contribution >= 4 is 50.0 Å². The molecule has 3 heterocycles. The number of nitrogens with zero attached hydrogens (tertiary/aromatic N) is 1. The number of sulfonamides is 1. The van der Waals surface area contributed by atoms with Crippen LogP contribution in [0.25, 0.3) is 0 Å². The third-order valence-electron chi connectivity index (χ3n) is 4.67. The molecule has 9 nitrogen and oxygen atoms in total. The number of carboxylic acid groups (broad SMARTS) is 1. The Balaban J connectivity index is 0.00000261. The van der Waals surface area contributed by atoms with Gasteiger partial charge in [-0.1, -0.05) is 11.8 Å². The molecule has 0 spiro atoms. The van der Waals surface area contributed by atoms with Crippen LogP contribution < -0.4 is 5.14 Å². The second kappa shape index (κ2) is 7.65. The van der Waals surface area contributed by atoms with Gasteiger partial charge in [0.25, 0.3) is 0 Å². The lowest BCUT2D eigenvalue weighted by Gasteiger charge is -2.27. The van der Waals surface area contributed by atoms with Crippen LogP contribution >= 0.6 is 24.2 Å². The number of rotatable bonds is 5. The predicted octanol–water partition coefficient (Wildman–Crippen LogP) is 0.251. The van der Waals surface area contributed by atoms with E-state index in [1.54, 1.807) is 0 Å². The molecule has 0 radical (unpaired) electrons. The monoisotopic (exact) mass is 460 g/mol. The first-order valence-electron chi connectivity index (χ1n) is 7.94. The van der Waals surface area contributed by atoms with Crippen LogP contribution in [-0.2, 0) is 29.4 Å². The SMILES string of the molecule is CC1(C(=O)O)CC2=C(S1)S(=O)(=O)C(S(N)(=O)=O)=C2CCN1CCOCC1.Cl. The van der Waals surface area contributed by atoms with E-state index in [0.29, 0.717) is 44.6 Å². The molecule has 27 heavy (non-hydrogen) atoms. The highest BCUT2D eigenvalue weighted by molar-refractivity contribution is 8.26. The zero-order valence-corrected chi connectivity index (χ0v) is 17.8. The van der Waals surface area contributed by atoms with Gasteiger partial charge in [-0.05, 0) is 30.9 Å². The lowest BCUT2D eigenvalue weighted by molar-refractivity contribution is -0.139. The smallest absolute Gasteiger partial charge is 0.320 e. The number of carboxylic acids is 1. The number of halogens is 1. The first kappa shape index (κ1) is 22.7. The molecule has 3 aliphatic heterocycles. The van der Waals surface area contributed by atoms with Gasteiger partial charge >= 0.3 is 5.97 Å². The highest BCUT2D eigenvalue weighted by Gasteiger charge is 2.54. The van der Waals surface area contributed by atoms with Crippen LogP contribution in [0.4, 0.5) is 0 Å². The van der Waals surface area contributed by atoms with Crippen molar-refractivity contribution < 1.29 is 31.5 Å². The number of morpholine rings is 1. The van der Waals surface area contributed by atoms with Crippen molar-refractivity contribution in [1.29, 1.82) is 0 Å². The summed E-state index contributed by atoms with van der Waals surface area (Å²) in [5.41, 5.74) is 0.406. The van der Waals surface area contributed by atoms with Gasteiger partial charge < -0.3 is 9.84 Å². The number of allylic oxidation sites excluding steroid dienone is 1. The lowest BCUT2D eigenvalue weighted by atomic mass is 9.95. The highest BCUT2D eigenvalue weighted by atomic mass is 35.5. The molecular formula is C14H21ClN2O7S3. The van der Waals surface area contributed by atoms with E-state index in [2.05, 4.69) is 0 Å². The number of aliphatic carboxylic acids is 1. The highest BCUT2D eigenvalue weighted by Crippen LogP contribution is 2.57. The molecule has 154 valence electrons. The molecule has 1 saturated heterocycles. The zero-order valence-electron chi connectivity index (χ0n) is 14.5. The molecule has 3 N–H and O–H groups in total. The van der Waals surface area contributed by atoms with E-state index in [-0.39, 0.29) is 40.6 Å². The van der Waals surface area contributed by atoms with E-state index in [1.807, 2.05) is 4.90 Å². The molecule has 1 unspecified atom stereocenters. The lowest BCUT2D eigenvalue weighted by Crippen LogP contribution is -2.37. The zero-order chi connectivity index (χ0) is 19.3. The van der Waals surface area contributed by atoms with Gasteiger partial charge in [-0.3, -0.25) is 9.69 Å². The number of thioether (sulfide) groups is 1. The van der Waals surface area contributed by atoms with Crippen molar-refractivity contribution in [1.82, 2.24) is 4.90 Å². The van der Waals surface area contributed by atoms with Gasteiger partial charge in [0.05, 0.1) is 13.2 Å². The minimum atomic E-state index is -4.47. The Bertz CT molecular complexity index is 920. The van der Waals surface area contributed by atoms with Crippen LogP contribution in [0, 0.1) is 0 Å². The van der Waals surface area contributed by atoms with Crippen LogP contribution in [0.2, 0.25) is 0 Å². The number of carbonyl (C=O) groups is 1. The Kier molecular flexibility index (Phi) is 6.42. The Morgan fingerprint density at radius 2 is 1.96 bits per heavy atom. The maximum Gasteiger partial charge on any atom is 0.320 e. The Morgan fingerprint density at radius 3 is 2.48 bits per heavy atom. The number of sulfone groups is 1. The van der Waals surface area contributed by atoms with Gasteiger partial charge in [-0.15, -0.1) is 12.4 Å². The quantitative estimate of drug-likeness (QED) is 0.589. The summed E-state index contributed by atoms with van der Waals surface area (Å²) < 4.78 is 52.5. The number of hydrogen-bond donors (Lipinski definition) is 2.